The van der Waals surface area contributed by atoms with Crippen LogP contribution in [0.25, 0.3) is 22.7 Å². The highest BCUT2D eigenvalue weighted by molar-refractivity contribution is 5.77. The summed E-state index contributed by atoms with van der Waals surface area (Å²) < 4.78 is 11.3. The Labute approximate surface area is 170 Å². The van der Waals surface area contributed by atoms with Crippen LogP contribution in [0.3, 0.4) is 0 Å². The first-order valence-corrected chi connectivity index (χ1v) is 9.77. The fraction of sp³-hybridized carbons (Fsp3) is 0.261. The van der Waals surface area contributed by atoms with Crippen molar-refractivity contribution in [3.63, 3.8) is 0 Å². The quantitative estimate of drug-likeness (QED) is 0.433. The van der Waals surface area contributed by atoms with Crippen molar-refractivity contribution in [3.05, 3.63) is 77.9 Å². The molecular formula is C23H24N4O2. The van der Waals surface area contributed by atoms with Crippen molar-refractivity contribution in [2.45, 2.75) is 26.3 Å². The Morgan fingerprint density at radius 2 is 1.66 bits per heavy atom. The van der Waals surface area contributed by atoms with E-state index >= 15 is 0 Å². The van der Waals surface area contributed by atoms with Gasteiger partial charge >= 0.3 is 0 Å². The molecule has 0 aliphatic rings. The number of hydrogen-bond donors (Lipinski definition) is 0. The third kappa shape index (κ3) is 4.60. The first-order valence-electron chi connectivity index (χ1n) is 9.77. The van der Waals surface area contributed by atoms with Crippen LogP contribution in [0.15, 0.2) is 69.6 Å². The molecule has 0 amide bonds. The van der Waals surface area contributed by atoms with Crippen molar-refractivity contribution in [2.75, 3.05) is 13.6 Å². The van der Waals surface area contributed by atoms with Crippen molar-refractivity contribution in [2.24, 2.45) is 0 Å². The third-order valence-corrected chi connectivity index (χ3v) is 4.84. The second-order valence-electron chi connectivity index (χ2n) is 7.16. The van der Waals surface area contributed by atoms with Crippen LogP contribution in [-0.2, 0) is 13.0 Å². The van der Waals surface area contributed by atoms with E-state index in [1.807, 2.05) is 43.3 Å². The lowest BCUT2D eigenvalue weighted by molar-refractivity contribution is 0.287. The molecule has 4 aromatic rings. The molecule has 0 unspecified atom stereocenters. The van der Waals surface area contributed by atoms with Crippen molar-refractivity contribution in [1.82, 2.24) is 20.3 Å². The predicted molar refractivity (Wildman–Crippen MR) is 111 cm³/mol. The van der Waals surface area contributed by atoms with Crippen molar-refractivity contribution in [3.8, 4) is 22.7 Å². The fourth-order valence-electron chi connectivity index (χ4n) is 3.34. The molecule has 0 spiro atoms. The molecule has 0 aliphatic carbocycles. The first kappa shape index (κ1) is 19.1. The van der Waals surface area contributed by atoms with Gasteiger partial charge in [0.1, 0.15) is 17.0 Å². The molecule has 29 heavy (non-hydrogen) atoms. The SMILES string of the molecule is Cc1onc(-c2ccccc2)c1-c1nnc(CN(C)CCCc2ccccc2)o1. The number of hydrogen-bond acceptors (Lipinski definition) is 6. The van der Waals surface area contributed by atoms with Gasteiger partial charge in [-0.2, -0.15) is 0 Å². The lowest BCUT2D eigenvalue weighted by Crippen LogP contribution is -2.19. The molecule has 6 heteroatoms. The number of rotatable bonds is 8. The standard InChI is InChI=1S/C23H24N4O2/c1-17-21(22(26-29-17)19-13-7-4-8-14-19)23-25-24-20(28-23)16-27(2)15-9-12-18-10-5-3-6-11-18/h3-8,10-11,13-14H,9,12,15-16H2,1-2H3. The molecule has 2 aromatic heterocycles. The minimum absolute atomic E-state index is 0.440. The molecule has 0 atom stereocenters. The molecule has 0 N–H and O–H groups in total. The number of benzene rings is 2. The van der Waals surface area contributed by atoms with Crippen LogP contribution in [0.2, 0.25) is 0 Å². The normalized spacial score (nSPS) is 11.3. The molecular weight excluding hydrogens is 364 g/mol. The first-order chi connectivity index (χ1) is 14.2. The molecule has 0 saturated heterocycles. The largest absolute Gasteiger partial charge is 0.419 e. The van der Waals surface area contributed by atoms with Crippen molar-refractivity contribution < 1.29 is 8.94 Å². The second-order valence-corrected chi connectivity index (χ2v) is 7.16. The zero-order chi connectivity index (χ0) is 20.1. The summed E-state index contributed by atoms with van der Waals surface area (Å²) in [4.78, 5) is 2.19. The summed E-state index contributed by atoms with van der Waals surface area (Å²) in [5.41, 5.74) is 3.78. The van der Waals surface area contributed by atoms with E-state index in [4.69, 9.17) is 8.94 Å². The smallest absolute Gasteiger partial charge is 0.253 e. The van der Waals surface area contributed by atoms with E-state index in [-0.39, 0.29) is 0 Å². The molecule has 0 bridgehead atoms. The van der Waals surface area contributed by atoms with E-state index in [2.05, 4.69) is 51.6 Å². The highest BCUT2D eigenvalue weighted by Gasteiger charge is 2.22. The lowest BCUT2D eigenvalue weighted by Gasteiger charge is -2.13. The molecule has 0 saturated carbocycles. The second kappa shape index (κ2) is 8.84. The van der Waals surface area contributed by atoms with Gasteiger partial charge in [-0.25, -0.2) is 0 Å². The fourth-order valence-corrected chi connectivity index (χ4v) is 3.34. The van der Waals surface area contributed by atoms with E-state index in [0.29, 0.717) is 24.1 Å². The van der Waals surface area contributed by atoms with Gasteiger partial charge in [-0.15, -0.1) is 10.2 Å². The predicted octanol–water partition coefficient (Wildman–Crippen LogP) is 4.76. The van der Waals surface area contributed by atoms with E-state index < -0.39 is 0 Å². The lowest BCUT2D eigenvalue weighted by atomic mass is 10.1. The summed E-state index contributed by atoms with van der Waals surface area (Å²) in [6, 6.07) is 20.4. The third-order valence-electron chi connectivity index (χ3n) is 4.84. The van der Waals surface area contributed by atoms with Crippen LogP contribution in [0, 0.1) is 6.92 Å². The van der Waals surface area contributed by atoms with E-state index in [1.54, 1.807) is 0 Å². The molecule has 2 aromatic carbocycles. The van der Waals surface area contributed by atoms with Crippen LogP contribution in [0.5, 0.6) is 0 Å². The Kier molecular flexibility index (Phi) is 5.81. The zero-order valence-corrected chi connectivity index (χ0v) is 16.7. The Balaban J connectivity index is 1.41. The van der Waals surface area contributed by atoms with Gasteiger partial charge in [0.25, 0.3) is 5.89 Å². The van der Waals surface area contributed by atoms with Gasteiger partial charge in [-0.05, 0) is 38.9 Å². The van der Waals surface area contributed by atoms with Gasteiger partial charge in [-0.1, -0.05) is 65.8 Å². The summed E-state index contributed by atoms with van der Waals surface area (Å²) >= 11 is 0. The maximum absolute atomic E-state index is 5.94. The summed E-state index contributed by atoms with van der Waals surface area (Å²) in [5, 5.41) is 12.7. The Morgan fingerprint density at radius 3 is 2.41 bits per heavy atom. The zero-order valence-electron chi connectivity index (χ0n) is 16.7. The molecule has 6 nitrogen and oxygen atoms in total. The summed E-state index contributed by atoms with van der Waals surface area (Å²) in [6.07, 6.45) is 2.13. The highest BCUT2D eigenvalue weighted by Crippen LogP contribution is 2.33. The molecule has 0 fully saturated rings. The van der Waals surface area contributed by atoms with Gasteiger partial charge in [-0.3, -0.25) is 4.90 Å². The van der Waals surface area contributed by atoms with Gasteiger partial charge < -0.3 is 8.94 Å². The average Bonchev–Trinajstić information content (AvgIpc) is 3.35. The molecule has 0 radical (unpaired) electrons. The van der Waals surface area contributed by atoms with E-state index in [0.717, 1.165) is 36.2 Å². The molecule has 4 rings (SSSR count). The maximum Gasteiger partial charge on any atom is 0.253 e. The van der Waals surface area contributed by atoms with Crippen LogP contribution < -0.4 is 0 Å². The van der Waals surface area contributed by atoms with Crippen molar-refractivity contribution in [1.29, 1.82) is 0 Å². The summed E-state index contributed by atoms with van der Waals surface area (Å²) in [5.74, 6) is 1.69. The number of nitrogens with zero attached hydrogens (tertiary/aromatic N) is 4. The molecule has 0 aliphatic heterocycles. The van der Waals surface area contributed by atoms with Crippen LogP contribution >= 0.6 is 0 Å². The number of aromatic nitrogens is 3. The Bertz CT molecular complexity index is 1040. The minimum atomic E-state index is 0.440. The molecule has 2 heterocycles. The summed E-state index contributed by atoms with van der Waals surface area (Å²) in [6.45, 7) is 3.41. The Hall–Kier alpha value is -3.25. The van der Waals surface area contributed by atoms with Gasteiger partial charge in [0, 0.05) is 5.56 Å². The van der Waals surface area contributed by atoms with Crippen LogP contribution in [0.4, 0.5) is 0 Å². The van der Waals surface area contributed by atoms with E-state index in [9.17, 15) is 0 Å². The number of aryl methyl sites for hydroxylation is 2. The van der Waals surface area contributed by atoms with Crippen molar-refractivity contribution >= 4 is 0 Å². The Morgan fingerprint density at radius 1 is 0.931 bits per heavy atom. The average molecular weight is 388 g/mol. The topological polar surface area (TPSA) is 68.2 Å². The van der Waals surface area contributed by atoms with E-state index in [1.165, 1.54) is 5.56 Å². The molecule has 148 valence electrons. The summed E-state index contributed by atoms with van der Waals surface area (Å²) in [7, 11) is 2.06. The van der Waals surface area contributed by atoms with Crippen LogP contribution in [-0.4, -0.2) is 33.8 Å². The van der Waals surface area contributed by atoms with Gasteiger partial charge in [0.2, 0.25) is 5.89 Å². The monoisotopic (exact) mass is 388 g/mol. The van der Waals surface area contributed by atoms with Gasteiger partial charge in [0.05, 0.1) is 6.54 Å². The highest BCUT2D eigenvalue weighted by atomic mass is 16.5. The van der Waals surface area contributed by atoms with Crippen LogP contribution in [0.1, 0.15) is 23.6 Å². The van der Waals surface area contributed by atoms with Gasteiger partial charge in [0.15, 0.2) is 0 Å². The maximum atomic E-state index is 5.94. The minimum Gasteiger partial charge on any atom is -0.419 e.